The van der Waals surface area contributed by atoms with Gasteiger partial charge in [0.2, 0.25) is 0 Å². The summed E-state index contributed by atoms with van der Waals surface area (Å²) < 4.78 is 11.8. The van der Waals surface area contributed by atoms with Crippen molar-refractivity contribution in [1.82, 2.24) is 0 Å². The Labute approximate surface area is 113 Å². The summed E-state index contributed by atoms with van der Waals surface area (Å²) in [5, 5.41) is 0. The van der Waals surface area contributed by atoms with Crippen LogP contribution in [0, 0.1) is 0 Å². The lowest BCUT2D eigenvalue weighted by atomic mass is 9.95. The molecule has 2 nitrogen and oxygen atoms in total. The third kappa shape index (κ3) is 7.38. The lowest BCUT2D eigenvalue weighted by Gasteiger charge is -2.28. The standard InChI is InChI=1S/C16H32O2/c1-3-5-7-13-17-15-9-11-16(12-10-15)18-14-8-6-4-2/h15-16H,3-14H2,1-2H3. The SMILES string of the molecule is CCCCCOC1CCC(OCCCCC)CC1. The summed E-state index contributed by atoms with van der Waals surface area (Å²) in [7, 11) is 0. The highest BCUT2D eigenvalue weighted by molar-refractivity contribution is 4.73. The van der Waals surface area contributed by atoms with Gasteiger partial charge in [0.1, 0.15) is 0 Å². The van der Waals surface area contributed by atoms with E-state index in [-0.39, 0.29) is 0 Å². The zero-order valence-corrected chi connectivity index (χ0v) is 12.5. The van der Waals surface area contributed by atoms with Gasteiger partial charge < -0.3 is 9.47 Å². The van der Waals surface area contributed by atoms with Crippen molar-refractivity contribution in [2.24, 2.45) is 0 Å². The van der Waals surface area contributed by atoms with E-state index in [4.69, 9.17) is 9.47 Å². The monoisotopic (exact) mass is 256 g/mol. The van der Waals surface area contributed by atoms with Gasteiger partial charge in [-0.25, -0.2) is 0 Å². The van der Waals surface area contributed by atoms with E-state index in [0.29, 0.717) is 12.2 Å². The van der Waals surface area contributed by atoms with E-state index in [1.54, 1.807) is 0 Å². The van der Waals surface area contributed by atoms with Crippen molar-refractivity contribution in [3.05, 3.63) is 0 Å². The predicted octanol–water partition coefficient (Wildman–Crippen LogP) is 4.71. The molecule has 1 saturated carbocycles. The van der Waals surface area contributed by atoms with Crippen LogP contribution in [0.15, 0.2) is 0 Å². The first-order valence-electron chi connectivity index (χ1n) is 8.10. The second-order valence-corrected chi connectivity index (χ2v) is 5.55. The highest BCUT2D eigenvalue weighted by Crippen LogP contribution is 2.24. The molecule has 0 aromatic heterocycles. The highest BCUT2D eigenvalue weighted by Gasteiger charge is 2.21. The first-order valence-corrected chi connectivity index (χ1v) is 8.10. The molecular formula is C16H32O2. The van der Waals surface area contributed by atoms with E-state index >= 15 is 0 Å². The van der Waals surface area contributed by atoms with Crippen LogP contribution in [-0.2, 0) is 9.47 Å². The molecule has 0 atom stereocenters. The van der Waals surface area contributed by atoms with Crippen molar-refractivity contribution in [2.45, 2.75) is 90.3 Å². The molecule has 0 amide bonds. The zero-order valence-electron chi connectivity index (χ0n) is 12.5. The summed E-state index contributed by atoms with van der Waals surface area (Å²) >= 11 is 0. The average molecular weight is 256 g/mol. The van der Waals surface area contributed by atoms with Gasteiger partial charge in [0.05, 0.1) is 12.2 Å². The van der Waals surface area contributed by atoms with Crippen molar-refractivity contribution in [3.8, 4) is 0 Å². The molecule has 1 aliphatic rings. The van der Waals surface area contributed by atoms with Crippen LogP contribution in [0.1, 0.15) is 78.1 Å². The molecule has 18 heavy (non-hydrogen) atoms. The summed E-state index contributed by atoms with van der Waals surface area (Å²) in [4.78, 5) is 0. The van der Waals surface area contributed by atoms with Gasteiger partial charge in [-0.1, -0.05) is 39.5 Å². The van der Waals surface area contributed by atoms with E-state index in [1.807, 2.05) is 0 Å². The first-order chi connectivity index (χ1) is 8.86. The molecule has 0 spiro atoms. The molecular weight excluding hydrogens is 224 g/mol. The van der Waals surface area contributed by atoms with Crippen LogP contribution in [0.2, 0.25) is 0 Å². The summed E-state index contributed by atoms with van der Waals surface area (Å²) in [6.07, 6.45) is 13.4. The Morgan fingerprint density at radius 1 is 0.667 bits per heavy atom. The lowest BCUT2D eigenvalue weighted by Crippen LogP contribution is -2.27. The zero-order chi connectivity index (χ0) is 13.1. The van der Waals surface area contributed by atoms with Crippen molar-refractivity contribution in [1.29, 1.82) is 0 Å². The molecule has 1 aliphatic carbocycles. The Bertz CT molecular complexity index is 154. The number of rotatable bonds is 10. The second-order valence-electron chi connectivity index (χ2n) is 5.55. The third-order valence-electron chi connectivity index (χ3n) is 3.82. The Morgan fingerprint density at radius 2 is 1.06 bits per heavy atom. The van der Waals surface area contributed by atoms with E-state index in [0.717, 1.165) is 13.2 Å². The Kier molecular flexibility index (Phi) is 9.59. The van der Waals surface area contributed by atoms with Crippen LogP contribution in [0.3, 0.4) is 0 Å². The van der Waals surface area contributed by atoms with Crippen LogP contribution in [-0.4, -0.2) is 25.4 Å². The average Bonchev–Trinajstić information content (AvgIpc) is 2.41. The topological polar surface area (TPSA) is 18.5 Å². The molecule has 0 aromatic rings. The fraction of sp³-hybridized carbons (Fsp3) is 1.00. The largest absolute Gasteiger partial charge is 0.378 e. The highest BCUT2D eigenvalue weighted by atomic mass is 16.5. The van der Waals surface area contributed by atoms with Crippen molar-refractivity contribution < 1.29 is 9.47 Å². The molecule has 0 bridgehead atoms. The molecule has 0 N–H and O–H groups in total. The van der Waals surface area contributed by atoms with Crippen LogP contribution >= 0.6 is 0 Å². The molecule has 2 heteroatoms. The van der Waals surface area contributed by atoms with Gasteiger partial charge in [0.15, 0.2) is 0 Å². The lowest BCUT2D eigenvalue weighted by molar-refractivity contribution is -0.0326. The Hall–Kier alpha value is -0.0800. The Morgan fingerprint density at radius 3 is 1.39 bits per heavy atom. The number of ether oxygens (including phenoxy) is 2. The van der Waals surface area contributed by atoms with E-state index in [9.17, 15) is 0 Å². The Balaban J connectivity index is 1.95. The van der Waals surface area contributed by atoms with Crippen LogP contribution in [0.4, 0.5) is 0 Å². The summed E-state index contributed by atoms with van der Waals surface area (Å²) in [6, 6.07) is 0. The number of hydrogen-bond acceptors (Lipinski definition) is 2. The van der Waals surface area contributed by atoms with Gasteiger partial charge in [-0.15, -0.1) is 0 Å². The molecule has 0 aliphatic heterocycles. The number of unbranched alkanes of at least 4 members (excludes halogenated alkanes) is 4. The van der Waals surface area contributed by atoms with Gasteiger partial charge >= 0.3 is 0 Å². The van der Waals surface area contributed by atoms with Gasteiger partial charge in [-0.3, -0.25) is 0 Å². The molecule has 0 heterocycles. The maximum atomic E-state index is 5.92. The van der Waals surface area contributed by atoms with Gasteiger partial charge in [0.25, 0.3) is 0 Å². The van der Waals surface area contributed by atoms with Crippen molar-refractivity contribution in [2.75, 3.05) is 13.2 Å². The maximum Gasteiger partial charge on any atom is 0.0577 e. The molecule has 1 fully saturated rings. The first kappa shape index (κ1) is 16.0. The molecule has 1 rings (SSSR count). The van der Waals surface area contributed by atoms with Crippen LogP contribution in [0.25, 0.3) is 0 Å². The fourth-order valence-electron chi connectivity index (χ4n) is 2.57. The normalized spacial score (nSPS) is 24.3. The minimum absolute atomic E-state index is 0.511. The van der Waals surface area contributed by atoms with Crippen molar-refractivity contribution in [3.63, 3.8) is 0 Å². The quantitative estimate of drug-likeness (QED) is 0.527. The van der Waals surface area contributed by atoms with Gasteiger partial charge in [-0.2, -0.15) is 0 Å². The van der Waals surface area contributed by atoms with Crippen LogP contribution < -0.4 is 0 Å². The smallest absolute Gasteiger partial charge is 0.0577 e. The van der Waals surface area contributed by atoms with Crippen LogP contribution in [0.5, 0.6) is 0 Å². The molecule has 0 radical (unpaired) electrons. The maximum absolute atomic E-state index is 5.92. The predicted molar refractivity (Wildman–Crippen MR) is 77.0 cm³/mol. The summed E-state index contributed by atoms with van der Waals surface area (Å²) in [6.45, 7) is 6.39. The third-order valence-corrected chi connectivity index (χ3v) is 3.82. The molecule has 108 valence electrons. The summed E-state index contributed by atoms with van der Waals surface area (Å²) in [5.41, 5.74) is 0. The number of hydrogen-bond donors (Lipinski definition) is 0. The van der Waals surface area contributed by atoms with E-state index in [2.05, 4.69) is 13.8 Å². The van der Waals surface area contributed by atoms with E-state index in [1.165, 1.54) is 64.2 Å². The molecule has 0 aromatic carbocycles. The van der Waals surface area contributed by atoms with E-state index < -0.39 is 0 Å². The molecule has 0 saturated heterocycles. The molecule has 0 unspecified atom stereocenters. The van der Waals surface area contributed by atoms with Gasteiger partial charge in [0, 0.05) is 13.2 Å². The van der Waals surface area contributed by atoms with Crippen molar-refractivity contribution >= 4 is 0 Å². The summed E-state index contributed by atoms with van der Waals surface area (Å²) in [5.74, 6) is 0. The minimum Gasteiger partial charge on any atom is -0.378 e. The van der Waals surface area contributed by atoms with Gasteiger partial charge in [-0.05, 0) is 38.5 Å². The minimum atomic E-state index is 0.511. The fourth-order valence-corrected chi connectivity index (χ4v) is 2.57. The second kappa shape index (κ2) is 10.8.